The van der Waals surface area contributed by atoms with Crippen LogP contribution in [0.1, 0.15) is 4.28 Å². The number of rotatable bonds is 0. The Bertz CT molecular complexity index is 46.7. The van der Waals surface area contributed by atoms with Gasteiger partial charge in [-0.25, -0.2) is 0 Å². The molecule has 0 aromatic heterocycles. The van der Waals surface area contributed by atoms with Gasteiger partial charge in [0.1, 0.15) is 0 Å². The standard InChI is InChI=1S/Al.Li.Mg.H2O3Si.6H/c;;;1-4(2)3;;;;;;/h;;;1-2H;;;;;;/q;+1;+2;;;;;3*-1. The van der Waals surface area contributed by atoms with Gasteiger partial charge in [-0.2, -0.15) is 0 Å². The van der Waals surface area contributed by atoms with Gasteiger partial charge < -0.3 is 13.9 Å². The predicted octanol–water partition coefficient (Wildman–Crippen LogP) is -5.84. The molecule has 0 radical (unpaired) electrons. The first-order valence-corrected chi connectivity index (χ1v) is 1.95. The monoisotopic (exact) mass is 142 g/mol. The van der Waals surface area contributed by atoms with Crippen LogP contribution in [-0.4, -0.2) is 59.2 Å². The molecule has 36 valence electrons. The molecule has 0 heterocycles. The average Bonchev–Trinajstić information content (AvgIpc) is 0.811. The third-order valence-corrected chi connectivity index (χ3v) is 0. The minimum atomic E-state index is -3.13. The second-order valence-electron chi connectivity index (χ2n) is 0.283. The van der Waals surface area contributed by atoms with E-state index in [1.807, 2.05) is 0 Å². The Morgan fingerprint density at radius 1 is 1.43 bits per heavy atom. The second-order valence-corrected chi connectivity index (χ2v) is 0.848. The van der Waals surface area contributed by atoms with E-state index in [0.29, 0.717) is 0 Å². The van der Waals surface area contributed by atoms with E-state index in [1.54, 1.807) is 0 Å². The van der Waals surface area contributed by atoms with Gasteiger partial charge in [0.15, 0.2) is 17.4 Å². The largest absolute Gasteiger partial charge is 2.00 e. The summed E-state index contributed by atoms with van der Waals surface area (Å²) in [6, 6.07) is 0. The zero-order valence-electron chi connectivity index (χ0n) is 6.51. The summed E-state index contributed by atoms with van der Waals surface area (Å²) in [7, 11) is -3.13. The summed E-state index contributed by atoms with van der Waals surface area (Å²) in [4.78, 5) is 14.3. The Morgan fingerprint density at radius 3 is 1.43 bits per heavy atom. The molecule has 0 fully saturated rings. The van der Waals surface area contributed by atoms with Crippen molar-refractivity contribution in [1.82, 2.24) is 0 Å². The van der Waals surface area contributed by atoms with Crippen molar-refractivity contribution in [3.05, 3.63) is 0 Å². The van der Waals surface area contributed by atoms with Crippen LogP contribution in [0.4, 0.5) is 0 Å². The first kappa shape index (κ1) is 23.6. The van der Waals surface area contributed by atoms with Crippen LogP contribution < -0.4 is 18.9 Å². The molecule has 0 unspecified atom stereocenters. The first-order valence-electron chi connectivity index (χ1n) is 0.651. The normalized spacial score (nSPS) is 3.43. The van der Waals surface area contributed by atoms with E-state index in [0.717, 1.165) is 0 Å². The van der Waals surface area contributed by atoms with E-state index in [4.69, 9.17) is 14.1 Å². The van der Waals surface area contributed by atoms with Crippen molar-refractivity contribution in [2.45, 2.75) is 0 Å². The Hall–Kier alpha value is 1.51. The third kappa shape index (κ3) is 99.8. The van der Waals surface area contributed by atoms with Crippen molar-refractivity contribution in [3.8, 4) is 0 Å². The van der Waals surface area contributed by atoms with E-state index in [9.17, 15) is 0 Å². The molecule has 0 saturated carbocycles. The maximum absolute atomic E-state index is 8.74. The molecule has 7 heavy (non-hydrogen) atoms. The van der Waals surface area contributed by atoms with Gasteiger partial charge in [-0.3, -0.25) is 4.46 Å². The van der Waals surface area contributed by atoms with E-state index in [2.05, 4.69) is 0 Å². The SMILES string of the molecule is O=[Si](O)O.[AlH3].[H-].[H-].[H-].[Li+].[Mg+2]. The molecule has 0 aromatic rings. The van der Waals surface area contributed by atoms with Crippen LogP contribution in [0.3, 0.4) is 0 Å². The zero-order chi connectivity index (χ0) is 3.58. The number of hydrogen-bond acceptors (Lipinski definition) is 1. The zero-order valence-corrected chi connectivity index (χ0v) is 5.92. The fraction of sp³-hybridized carbons (Fsp3) is 0. The molecule has 0 amide bonds. The molecule has 0 saturated heterocycles. The molecule has 3 nitrogen and oxygen atoms in total. The minimum Gasteiger partial charge on any atom is -1.00 e. The summed E-state index contributed by atoms with van der Waals surface area (Å²) in [5, 5.41) is 0. The molecule has 0 spiro atoms. The first-order chi connectivity index (χ1) is 1.73. The summed E-state index contributed by atoms with van der Waals surface area (Å²) in [5.41, 5.74) is 0. The van der Waals surface area contributed by atoms with Crippen LogP contribution >= 0.6 is 0 Å². The quantitative estimate of drug-likeness (QED) is 0.331. The van der Waals surface area contributed by atoms with Gasteiger partial charge in [-0.05, 0) is 0 Å². The van der Waals surface area contributed by atoms with E-state index in [-0.39, 0.29) is 63.6 Å². The maximum atomic E-state index is 8.74. The molecule has 0 aromatic carbocycles. The third-order valence-electron chi connectivity index (χ3n) is 0. The Balaban J connectivity index is -0.00000000300. The topological polar surface area (TPSA) is 57.5 Å². The van der Waals surface area contributed by atoms with Crippen LogP contribution in [0.5, 0.6) is 0 Å². The molecule has 0 atom stereocenters. The van der Waals surface area contributed by atoms with E-state index in [1.165, 1.54) is 0 Å². The van der Waals surface area contributed by atoms with Gasteiger partial charge in [-0.15, -0.1) is 0 Å². The molecule has 0 aliphatic carbocycles. The Kier molecular flexibility index (Phi) is 52.7. The van der Waals surface area contributed by atoms with Crippen molar-refractivity contribution in [1.29, 1.82) is 0 Å². The smallest absolute Gasteiger partial charge is 1.00 e. The van der Waals surface area contributed by atoms with Gasteiger partial charge >= 0.3 is 51.1 Å². The molecule has 0 aliphatic rings. The predicted molar refractivity (Wildman–Crippen MR) is 29.9 cm³/mol. The van der Waals surface area contributed by atoms with E-state index < -0.39 is 9.17 Å². The average molecular weight is 142 g/mol. The van der Waals surface area contributed by atoms with Gasteiger partial charge in [0.2, 0.25) is 0 Å². The molecule has 7 heteroatoms. The van der Waals surface area contributed by atoms with Gasteiger partial charge in [0.05, 0.1) is 0 Å². The Labute approximate surface area is 86.3 Å². The van der Waals surface area contributed by atoms with Crippen LogP contribution in [0.15, 0.2) is 0 Å². The van der Waals surface area contributed by atoms with Gasteiger partial charge in [0.25, 0.3) is 0 Å². The van der Waals surface area contributed by atoms with Crippen LogP contribution in [0.25, 0.3) is 0 Å². The van der Waals surface area contributed by atoms with Crippen molar-refractivity contribution >= 4 is 49.6 Å². The summed E-state index contributed by atoms with van der Waals surface area (Å²) >= 11 is 0. The van der Waals surface area contributed by atoms with Crippen molar-refractivity contribution in [2.75, 3.05) is 0 Å². The van der Waals surface area contributed by atoms with Gasteiger partial charge in [0, 0.05) is 0 Å². The maximum Gasteiger partial charge on any atom is 2.00 e. The molecular weight excluding hydrogens is 134 g/mol. The molecule has 0 aliphatic heterocycles. The molecule has 2 N–H and O–H groups in total. The molecule has 0 rings (SSSR count). The van der Waals surface area contributed by atoms with Crippen molar-refractivity contribution in [2.24, 2.45) is 0 Å². The van der Waals surface area contributed by atoms with E-state index >= 15 is 0 Å². The summed E-state index contributed by atoms with van der Waals surface area (Å²) < 4.78 is 8.74. The van der Waals surface area contributed by atoms with Crippen LogP contribution in [-0.2, 0) is 4.46 Å². The minimum absolute atomic E-state index is 0. The van der Waals surface area contributed by atoms with Crippen LogP contribution in [0.2, 0.25) is 0 Å². The fourth-order valence-corrected chi connectivity index (χ4v) is 0. The fourth-order valence-electron chi connectivity index (χ4n) is 0. The second kappa shape index (κ2) is 15.6. The summed E-state index contributed by atoms with van der Waals surface area (Å²) in [6.07, 6.45) is 0. The molecular formula is H8AlLiMgO3Si. The summed E-state index contributed by atoms with van der Waals surface area (Å²) in [5.74, 6) is 0. The van der Waals surface area contributed by atoms with Crippen molar-refractivity contribution < 1.29 is 37.2 Å². The number of hydrogen-bond donors (Lipinski definition) is 2. The molecule has 0 bridgehead atoms. The van der Waals surface area contributed by atoms with Crippen molar-refractivity contribution in [3.63, 3.8) is 0 Å². The van der Waals surface area contributed by atoms with Crippen LogP contribution in [0, 0.1) is 0 Å². The Morgan fingerprint density at radius 2 is 1.43 bits per heavy atom. The van der Waals surface area contributed by atoms with Gasteiger partial charge in [-0.1, -0.05) is 0 Å². The summed E-state index contributed by atoms with van der Waals surface area (Å²) in [6.45, 7) is 0.